The minimum absolute atomic E-state index is 0.0937. The molecule has 2 aliphatic heterocycles. The van der Waals surface area contributed by atoms with Gasteiger partial charge in [0.1, 0.15) is 0 Å². The Morgan fingerprint density at radius 2 is 2.17 bits per heavy atom. The molecule has 0 bridgehead atoms. The van der Waals surface area contributed by atoms with Gasteiger partial charge >= 0.3 is 6.03 Å². The molecule has 2 N–H and O–H groups in total. The second kappa shape index (κ2) is 8.10. The molecule has 126 valence electrons. The third-order valence-corrected chi connectivity index (χ3v) is 4.37. The molecule has 7 nitrogen and oxygen atoms in total. The van der Waals surface area contributed by atoms with Crippen LogP contribution in [0.4, 0.5) is 10.7 Å². The Hall–Kier alpha value is -1.89. The number of hydrogen-bond acceptors (Lipinski definition) is 5. The van der Waals surface area contributed by atoms with Gasteiger partial charge in [-0.15, -0.1) is 0 Å². The summed E-state index contributed by atoms with van der Waals surface area (Å²) in [5.41, 5.74) is 0. The highest BCUT2D eigenvalue weighted by molar-refractivity contribution is 5.74. The van der Waals surface area contributed by atoms with Crippen LogP contribution in [0.2, 0.25) is 0 Å². The smallest absolute Gasteiger partial charge is 0.315 e. The molecule has 3 rings (SSSR count). The quantitative estimate of drug-likeness (QED) is 0.855. The first-order valence-corrected chi connectivity index (χ1v) is 8.49. The van der Waals surface area contributed by atoms with Crippen molar-refractivity contribution in [3.8, 4) is 0 Å². The summed E-state index contributed by atoms with van der Waals surface area (Å²) < 4.78 is 5.56. The molecule has 0 aliphatic carbocycles. The number of nitrogens with zero attached hydrogens (tertiary/aromatic N) is 3. The van der Waals surface area contributed by atoms with Crippen molar-refractivity contribution < 1.29 is 9.53 Å². The van der Waals surface area contributed by atoms with Crippen LogP contribution in [-0.2, 0) is 4.74 Å². The number of nitrogens with one attached hydrogen (secondary N) is 2. The average molecular weight is 319 g/mol. The van der Waals surface area contributed by atoms with E-state index in [1.807, 2.05) is 6.07 Å². The Morgan fingerprint density at radius 3 is 2.96 bits per heavy atom. The Morgan fingerprint density at radius 1 is 1.30 bits per heavy atom. The molecule has 2 fully saturated rings. The van der Waals surface area contributed by atoms with Gasteiger partial charge in [0.25, 0.3) is 0 Å². The zero-order valence-corrected chi connectivity index (χ0v) is 13.4. The van der Waals surface area contributed by atoms with E-state index in [9.17, 15) is 4.79 Å². The van der Waals surface area contributed by atoms with Gasteiger partial charge in [-0.05, 0) is 38.2 Å². The van der Waals surface area contributed by atoms with E-state index in [4.69, 9.17) is 4.74 Å². The van der Waals surface area contributed by atoms with Gasteiger partial charge in [-0.2, -0.15) is 0 Å². The van der Waals surface area contributed by atoms with Gasteiger partial charge in [0.05, 0.1) is 6.10 Å². The fourth-order valence-electron chi connectivity index (χ4n) is 3.19. The monoisotopic (exact) mass is 319 g/mol. The van der Waals surface area contributed by atoms with Crippen LogP contribution in [0.15, 0.2) is 18.5 Å². The summed E-state index contributed by atoms with van der Waals surface area (Å²) in [6, 6.07) is 1.85. The second-order valence-electron chi connectivity index (χ2n) is 6.16. The van der Waals surface area contributed by atoms with Crippen LogP contribution >= 0.6 is 0 Å². The topological polar surface area (TPSA) is 79.4 Å². The van der Waals surface area contributed by atoms with Crippen molar-refractivity contribution in [2.24, 2.45) is 0 Å². The van der Waals surface area contributed by atoms with E-state index in [2.05, 4.69) is 25.5 Å². The first-order valence-electron chi connectivity index (χ1n) is 8.49. The Bertz CT molecular complexity index is 493. The van der Waals surface area contributed by atoms with E-state index in [-0.39, 0.29) is 12.1 Å². The first kappa shape index (κ1) is 16.0. The van der Waals surface area contributed by atoms with E-state index in [0.29, 0.717) is 12.6 Å². The Labute approximate surface area is 136 Å². The van der Waals surface area contributed by atoms with Gasteiger partial charge < -0.3 is 20.3 Å². The maximum atomic E-state index is 12.0. The highest BCUT2D eigenvalue weighted by Gasteiger charge is 2.23. The predicted octanol–water partition coefficient (Wildman–Crippen LogP) is 1.31. The van der Waals surface area contributed by atoms with E-state index < -0.39 is 0 Å². The van der Waals surface area contributed by atoms with Crippen LogP contribution in [0.5, 0.6) is 0 Å². The highest BCUT2D eigenvalue weighted by atomic mass is 16.5. The lowest BCUT2D eigenvalue weighted by molar-refractivity contribution is 0.104. The minimum atomic E-state index is -0.0937. The van der Waals surface area contributed by atoms with Crippen molar-refractivity contribution in [1.29, 1.82) is 0 Å². The lowest BCUT2D eigenvalue weighted by Gasteiger charge is -2.33. The number of aromatic nitrogens is 2. The molecule has 23 heavy (non-hydrogen) atoms. The molecule has 0 radical (unpaired) electrons. The van der Waals surface area contributed by atoms with Crippen LogP contribution in [0.3, 0.4) is 0 Å². The van der Waals surface area contributed by atoms with E-state index in [1.54, 1.807) is 12.4 Å². The summed E-state index contributed by atoms with van der Waals surface area (Å²) in [4.78, 5) is 22.7. The molecular formula is C16H25N5O2. The molecule has 2 atom stereocenters. The molecule has 1 aromatic heterocycles. The zero-order chi connectivity index (χ0) is 15.9. The van der Waals surface area contributed by atoms with Crippen molar-refractivity contribution in [2.75, 3.05) is 31.1 Å². The van der Waals surface area contributed by atoms with Crippen LogP contribution in [0, 0.1) is 0 Å². The maximum absolute atomic E-state index is 12.0. The lowest BCUT2D eigenvalue weighted by atomic mass is 10.1. The van der Waals surface area contributed by atoms with Crippen molar-refractivity contribution in [3.63, 3.8) is 0 Å². The van der Waals surface area contributed by atoms with E-state index in [0.717, 1.165) is 57.7 Å². The normalized spacial score (nSPS) is 24.4. The van der Waals surface area contributed by atoms with Crippen LogP contribution in [-0.4, -0.2) is 54.4 Å². The van der Waals surface area contributed by atoms with Crippen LogP contribution < -0.4 is 15.5 Å². The second-order valence-corrected chi connectivity index (χ2v) is 6.16. The predicted molar refractivity (Wildman–Crippen MR) is 87.4 cm³/mol. The number of carbonyl (C=O) groups is 1. The number of amides is 2. The van der Waals surface area contributed by atoms with Gasteiger partial charge in [0.2, 0.25) is 5.95 Å². The number of hydrogen-bond donors (Lipinski definition) is 2. The number of urea groups is 1. The minimum Gasteiger partial charge on any atom is -0.378 e. The summed E-state index contributed by atoms with van der Waals surface area (Å²) in [6.45, 7) is 3.21. The van der Waals surface area contributed by atoms with Gasteiger partial charge in [-0.1, -0.05) is 0 Å². The van der Waals surface area contributed by atoms with E-state index in [1.165, 1.54) is 0 Å². The maximum Gasteiger partial charge on any atom is 0.315 e. The summed E-state index contributed by atoms with van der Waals surface area (Å²) in [7, 11) is 0. The molecule has 2 aliphatic rings. The van der Waals surface area contributed by atoms with Crippen LogP contribution in [0.25, 0.3) is 0 Å². The molecule has 0 spiro atoms. The van der Waals surface area contributed by atoms with Gasteiger partial charge in [-0.25, -0.2) is 14.8 Å². The van der Waals surface area contributed by atoms with Gasteiger partial charge in [0, 0.05) is 44.7 Å². The summed E-state index contributed by atoms with van der Waals surface area (Å²) in [5.74, 6) is 0.734. The van der Waals surface area contributed by atoms with Gasteiger partial charge in [-0.3, -0.25) is 0 Å². The molecule has 2 amide bonds. The summed E-state index contributed by atoms with van der Waals surface area (Å²) in [5, 5.41) is 5.99. The lowest BCUT2D eigenvalue weighted by Crippen LogP contribution is -2.51. The van der Waals surface area contributed by atoms with E-state index >= 15 is 0 Å². The molecule has 7 heteroatoms. The SMILES string of the molecule is O=C(NCC[C@H]1CCCO1)N[C@@H]1CCCN(c2ncccn2)C1. The Kier molecular flexibility index (Phi) is 5.63. The zero-order valence-electron chi connectivity index (χ0n) is 13.4. The van der Waals surface area contributed by atoms with Crippen LogP contribution in [0.1, 0.15) is 32.1 Å². The number of anilines is 1. The standard InChI is InChI=1S/C16H25N5O2/c22-16(19-9-6-14-5-2-11-23-14)20-13-4-1-10-21(12-13)15-17-7-3-8-18-15/h3,7-8,13-14H,1-2,4-6,9-12H2,(H2,19,20,22)/t13-,14-/m1/s1. The van der Waals surface area contributed by atoms with Crippen molar-refractivity contribution in [3.05, 3.63) is 18.5 Å². The Balaban J connectivity index is 1.39. The number of carbonyl (C=O) groups excluding carboxylic acids is 1. The average Bonchev–Trinajstić information content (AvgIpc) is 3.09. The molecule has 0 aromatic carbocycles. The fraction of sp³-hybridized carbons (Fsp3) is 0.688. The molecule has 2 saturated heterocycles. The third kappa shape index (κ3) is 4.79. The van der Waals surface area contributed by atoms with Crippen molar-refractivity contribution in [2.45, 2.75) is 44.2 Å². The molecule has 0 unspecified atom stereocenters. The van der Waals surface area contributed by atoms with Gasteiger partial charge in [0.15, 0.2) is 0 Å². The third-order valence-electron chi connectivity index (χ3n) is 4.37. The van der Waals surface area contributed by atoms with Crippen molar-refractivity contribution in [1.82, 2.24) is 20.6 Å². The highest BCUT2D eigenvalue weighted by Crippen LogP contribution is 2.16. The number of rotatable bonds is 5. The largest absolute Gasteiger partial charge is 0.378 e. The molecule has 1 aromatic rings. The van der Waals surface area contributed by atoms with Crippen molar-refractivity contribution >= 4 is 12.0 Å². The first-order chi connectivity index (χ1) is 11.3. The molecule has 0 saturated carbocycles. The fourth-order valence-corrected chi connectivity index (χ4v) is 3.19. The summed E-state index contributed by atoms with van der Waals surface area (Å²) >= 11 is 0. The summed E-state index contributed by atoms with van der Waals surface area (Å²) in [6.07, 6.45) is 8.96. The molecule has 3 heterocycles. The number of ether oxygens (including phenoxy) is 1. The molecular weight excluding hydrogens is 294 g/mol. The number of piperidine rings is 1.